The number of rotatable bonds is 5. The predicted molar refractivity (Wildman–Crippen MR) is 122 cm³/mol. The van der Waals surface area contributed by atoms with Gasteiger partial charge in [-0.25, -0.2) is 8.42 Å². The topological polar surface area (TPSA) is 73.2 Å². The van der Waals surface area contributed by atoms with Crippen molar-refractivity contribution in [3.05, 3.63) is 90.0 Å². The van der Waals surface area contributed by atoms with Crippen molar-refractivity contribution < 1.29 is 13.2 Å². The fourth-order valence-corrected chi connectivity index (χ4v) is 6.15. The number of aromatic nitrogens is 2. The summed E-state index contributed by atoms with van der Waals surface area (Å²) in [5, 5.41) is 4.33. The molecule has 1 aliphatic carbocycles. The molecule has 0 radical (unpaired) electrons. The van der Waals surface area contributed by atoms with Gasteiger partial charge in [-0.2, -0.15) is 0 Å². The molecule has 6 nitrogen and oxygen atoms in total. The maximum atomic E-state index is 13.5. The molecule has 6 rings (SSSR count). The Bertz CT molecular complexity index is 1490. The number of hydrogen-bond acceptors (Lipinski definition) is 5. The quantitative estimate of drug-likeness (QED) is 0.496. The van der Waals surface area contributed by atoms with Crippen LogP contribution in [0.3, 0.4) is 0 Å². The van der Waals surface area contributed by atoms with Crippen molar-refractivity contribution in [3.63, 3.8) is 0 Å². The van der Waals surface area contributed by atoms with Crippen molar-refractivity contribution in [3.8, 4) is 5.75 Å². The molecule has 0 spiro atoms. The molecule has 2 aromatic heterocycles. The first-order valence-corrected chi connectivity index (χ1v) is 12.0. The van der Waals surface area contributed by atoms with Gasteiger partial charge < -0.3 is 14.6 Å². The third kappa shape index (κ3) is 2.78. The van der Waals surface area contributed by atoms with Crippen LogP contribution in [0.2, 0.25) is 0 Å². The van der Waals surface area contributed by atoms with E-state index < -0.39 is 9.84 Å². The maximum Gasteiger partial charge on any atom is 0.206 e. The van der Waals surface area contributed by atoms with Crippen LogP contribution in [0.25, 0.3) is 16.5 Å². The Kier molecular flexibility index (Phi) is 4.16. The van der Waals surface area contributed by atoms with Crippen LogP contribution in [0, 0.1) is 0 Å². The Hall–Kier alpha value is -3.58. The molecule has 2 bridgehead atoms. The lowest BCUT2D eigenvalue weighted by Gasteiger charge is -2.14. The van der Waals surface area contributed by atoms with Gasteiger partial charge in [0.2, 0.25) is 9.84 Å². The van der Waals surface area contributed by atoms with Crippen molar-refractivity contribution in [2.75, 3.05) is 0 Å². The number of nitrogens with zero attached hydrogens (tertiary/aromatic N) is 2. The van der Waals surface area contributed by atoms with Gasteiger partial charge in [0, 0.05) is 54.6 Å². The highest BCUT2D eigenvalue weighted by Crippen LogP contribution is 2.50. The Balaban J connectivity index is 1.56. The van der Waals surface area contributed by atoms with Gasteiger partial charge in [0.1, 0.15) is 12.4 Å². The number of hydrogen-bond donors (Lipinski definition) is 1. The van der Waals surface area contributed by atoms with E-state index in [0.717, 1.165) is 34.1 Å². The number of sulfone groups is 1. The van der Waals surface area contributed by atoms with Crippen LogP contribution < -0.4 is 10.1 Å². The molecular formula is C25H21N3O3S. The van der Waals surface area contributed by atoms with Gasteiger partial charge in [-0.3, -0.25) is 4.98 Å². The molecule has 4 aromatic rings. The summed E-state index contributed by atoms with van der Waals surface area (Å²) < 4.78 is 35.3. The van der Waals surface area contributed by atoms with Crippen LogP contribution in [-0.4, -0.2) is 18.0 Å². The Morgan fingerprint density at radius 2 is 1.97 bits per heavy atom. The molecule has 0 amide bonds. The van der Waals surface area contributed by atoms with E-state index >= 15 is 0 Å². The fraction of sp³-hybridized carbons (Fsp3) is 0.160. The van der Waals surface area contributed by atoms with Crippen molar-refractivity contribution in [1.29, 1.82) is 0 Å². The maximum absolute atomic E-state index is 13.5. The summed E-state index contributed by atoms with van der Waals surface area (Å²) in [5.41, 5.74) is 5.38. The van der Waals surface area contributed by atoms with Crippen LogP contribution in [-0.2, 0) is 23.5 Å². The summed E-state index contributed by atoms with van der Waals surface area (Å²) in [6.45, 7) is 0.304. The van der Waals surface area contributed by atoms with Gasteiger partial charge in [0.25, 0.3) is 0 Å². The molecule has 1 aliphatic heterocycles. The van der Waals surface area contributed by atoms with Gasteiger partial charge in [0.05, 0.1) is 27.0 Å². The van der Waals surface area contributed by atoms with Crippen molar-refractivity contribution in [1.82, 2.24) is 14.9 Å². The summed E-state index contributed by atoms with van der Waals surface area (Å²) in [6, 6.07) is 16.0. The van der Waals surface area contributed by atoms with Crippen LogP contribution in [0.4, 0.5) is 0 Å². The lowest BCUT2D eigenvalue weighted by molar-refractivity contribution is 0.307. The number of ether oxygens (including phenoxy) is 1. The summed E-state index contributed by atoms with van der Waals surface area (Å²) >= 11 is 0. The van der Waals surface area contributed by atoms with Gasteiger partial charge >= 0.3 is 0 Å². The van der Waals surface area contributed by atoms with E-state index in [2.05, 4.69) is 21.1 Å². The highest BCUT2D eigenvalue weighted by atomic mass is 32.2. The number of fused-ring (bicyclic) bond motifs is 7. The lowest BCUT2D eigenvalue weighted by atomic mass is 10.1. The Morgan fingerprint density at radius 1 is 1.12 bits per heavy atom. The second-order valence-electron chi connectivity index (χ2n) is 8.20. The van der Waals surface area contributed by atoms with E-state index in [9.17, 15) is 8.42 Å². The number of benzene rings is 2. The first kappa shape index (κ1) is 19.1. The van der Waals surface area contributed by atoms with Crippen molar-refractivity contribution in [2.24, 2.45) is 7.05 Å². The van der Waals surface area contributed by atoms with Gasteiger partial charge in [0.15, 0.2) is 0 Å². The minimum absolute atomic E-state index is 0.171. The van der Waals surface area contributed by atoms with Crippen LogP contribution >= 0.6 is 0 Å². The molecule has 32 heavy (non-hydrogen) atoms. The van der Waals surface area contributed by atoms with E-state index in [1.165, 1.54) is 5.57 Å². The number of nitrogens with one attached hydrogen (secondary N) is 1. The van der Waals surface area contributed by atoms with Crippen LogP contribution in [0.15, 0.2) is 83.0 Å². The molecule has 0 saturated carbocycles. The van der Waals surface area contributed by atoms with E-state index in [1.807, 2.05) is 25.2 Å². The van der Waals surface area contributed by atoms with E-state index in [4.69, 9.17) is 4.74 Å². The van der Waals surface area contributed by atoms with Crippen molar-refractivity contribution in [2.45, 2.75) is 28.9 Å². The number of pyridine rings is 1. The lowest BCUT2D eigenvalue weighted by Crippen LogP contribution is -2.10. The summed E-state index contributed by atoms with van der Waals surface area (Å²) in [4.78, 5) is 4.65. The molecule has 1 unspecified atom stereocenters. The molecule has 160 valence electrons. The molecule has 1 atom stereocenters. The Morgan fingerprint density at radius 3 is 2.75 bits per heavy atom. The highest BCUT2D eigenvalue weighted by Gasteiger charge is 2.37. The predicted octanol–water partition coefficient (Wildman–Crippen LogP) is 4.37. The third-order valence-electron chi connectivity index (χ3n) is 6.28. The molecule has 3 heterocycles. The fourth-order valence-electron chi connectivity index (χ4n) is 4.83. The molecule has 0 fully saturated rings. The first-order valence-electron chi connectivity index (χ1n) is 10.5. The van der Waals surface area contributed by atoms with E-state index in [1.54, 1.807) is 48.8 Å². The molecule has 7 heteroatoms. The summed E-state index contributed by atoms with van der Waals surface area (Å²) in [6.07, 6.45) is 6.45. The number of aryl methyl sites for hydroxylation is 1. The van der Waals surface area contributed by atoms with Crippen LogP contribution in [0.1, 0.15) is 29.3 Å². The normalized spacial score (nSPS) is 16.7. The third-order valence-corrected chi connectivity index (χ3v) is 8.03. The zero-order valence-electron chi connectivity index (χ0n) is 17.4. The first-order chi connectivity index (χ1) is 15.5. The second kappa shape index (κ2) is 6.97. The molecule has 2 aliphatic rings. The minimum atomic E-state index is -3.69. The Labute approximate surface area is 186 Å². The monoisotopic (exact) mass is 443 g/mol. The average molecular weight is 444 g/mol. The second-order valence-corrected chi connectivity index (χ2v) is 10.1. The largest absolute Gasteiger partial charge is 0.487 e. The van der Waals surface area contributed by atoms with Gasteiger partial charge in [-0.15, -0.1) is 0 Å². The average Bonchev–Trinajstić information content (AvgIpc) is 3.52. The van der Waals surface area contributed by atoms with E-state index in [-0.39, 0.29) is 15.8 Å². The van der Waals surface area contributed by atoms with E-state index in [0.29, 0.717) is 12.4 Å². The zero-order valence-corrected chi connectivity index (χ0v) is 18.3. The highest BCUT2D eigenvalue weighted by molar-refractivity contribution is 7.91. The minimum Gasteiger partial charge on any atom is -0.487 e. The van der Waals surface area contributed by atoms with Gasteiger partial charge in [-0.05, 0) is 29.8 Å². The summed E-state index contributed by atoms with van der Waals surface area (Å²) in [5.74, 6) is 0.553. The summed E-state index contributed by atoms with van der Waals surface area (Å²) in [7, 11) is -1.67. The standard InChI is InChI=1S/C25H21N3O3S/c1-28-24-17-10-21(27-14-17)23(24)20-11-19(32(29,30)18-7-3-2-4-8-18)12-22(25(20)28)31-15-16-6-5-9-26-13-16/h2-9,11-14,21,27H,10,15H2,1H3. The molecule has 2 aromatic carbocycles. The molecule has 0 saturated heterocycles. The van der Waals surface area contributed by atoms with Crippen LogP contribution in [0.5, 0.6) is 5.75 Å². The van der Waals surface area contributed by atoms with Crippen molar-refractivity contribution >= 4 is 26.3 Å². The smallest absolute Gasteiger partial charge is 0.206 e. The van der Waals surface area contributed by atoms with Gasteiger partial charge in [-0.1, -0.05) is 24.3 Å². The zero-order chi connectivity index (χ0) is 21.9. The molecule has 1 N–H and O–H groups in total. The SMILES string of the molecule is Cn1c2c(c3cc(S(=O)(=O)c4ccccc4)cc(OCc4cccnc4)c31)C1CC2=CN1. The molecular weight excluding hydrogens is 422 g/mol.